The summed E-state index contributed by atoms with van der Waals surface area (Å²) in [5, 5.41) is 28.0. The normalized spacial score (nSPS) is 15.1. The van der Waals surface area contributed by atoms with Crippen molar-refractivity contribution < 1.29 is 43.5 Å². The van der Waals surface area contributed by atoms with E-state index < -0.39 is 108 Å². The fraction of sp³-hybridized carbons (Fsp3) is 0.556. The third-order valence-corrected chi connectivity index (χ3v) is 10.4. The molecule has 17 nitrogen and oxygen atoms in total. The third-order valence-electron chi connectivity index (χ3n) is 10.4. The fourth-order valence-corrected chi connectivity index (χ4v) is 6.43. The lowest BCUT2D eigenvalue weighted by atomic mass is 9.96. The van der Waals surface area contributed by atoms with E-state index in [4.69, 9.17) is 5.73 Å². The summed E-state index contributed by atoms with van der Waals surface area (Å²) < 4.78 is 0. The van der Waals surface area contributed by atoms with Crippen LogP contribution < -0.4 is 43.0 Å². The number of benzene rings is 2. The van der Waals surface area contributed by atoms with Crippen molar-refractivity contribution in [3.63, 3.8) is 0 Å². The number of carboxylic acid groups (broad SMARTS) is 1. The standard InChI is InChI=1S/C45H68N8O9/c1-10-28(8)38(44(60)52-37(27(6)7)45(61)62)53-39(55)29(9)48-43(59)36(26(4)5)51-42(58)33(21-25(2)3)50-41(57)34(23-31-19-15-12-16-20-31)49-35(54)24-47-40(56)32(46)22-30-17-13-11-14-18-30/h11-20,25-29,32-34,36-38H,10,21-24,46H2,1-9H3,(H,47,56)(H,48,59)(H,49,54)(H,50,57)(H,51,58)(H,52,60)(H,53,55)(H,61,62)/t28-,29-,32-,33-,34-,36-,37-,38-/m0/s1. The van der Waals surface area contributed by atoms with E-state index in [0.29, 0.717) is 6.42 Å². The molecule has 0 spiro atoms. The SMILES string of the molecule is CC[C@H](C)[C@H](NC(=O)[C@H](C)NC(=O)[C@@H](NC(=O)[C@H](CC(C)C)NC(=O)[C@H](Cc1ccccc1)NC(=O)CNC(=O)[C@@H](N)Cc1ccccc1)C(C)C)C(=O)N[C@H](C(=O)O)C(C)C. The Bertz CT molecular complexity index is 1810. The zero-order valence-electron chi connectivity index (χ0n) is 37.5. The van der Waals surface area contributed by atoms with Crippen molar-refractivity contribution in [1.82, 2.24) is 37.2 Å². The van der Waals surface area contributed by atoms with Crippen molar-refractivity contribution in [3.05, 3.63) is 71.8 Å². The number of amides is 7. The molecule has 0 aromatic heterocycles. The Morgan fingerprint density at radius 1 is 0.548 bits per heavy atom. The van der Waals surface area contributed by atoms with Crippen molar-refractivity contribution in [2.75, 3.05) is 6.54 Å². The van der Waals surface area contributed by atoms with Crippen LogP contribution in [0.2, 0.25) is 0 Å². The summed E-state index contributed by atoms with van der Waals surface area (Å²) in [4.78, 5) is 106. The molecule has 0 heterocycles. The van der Waals surface area contributed by atoms with E-state index in [1.165, 1.54) is 6.92 Å². The molecule has 2 aromatic rings. The Balaban J connectivity index is 2.19. The summed E-state index contributed by atoms with van der Waals surface area (Å²) in [6.07, 6.45) is 0.971. The first kappa shape index (κ1) is 52.3. The minimum Gasteiger partial charge on any atom is -0.480 e. The molecule has 0 saturated carbocycles. The third kappa shape index (κ3) is 17.6. The molecule has 62 heavy (non-hydrogen) atoms. The highest BCUT2D eigenvalue weighted by atomic mass is 16.4. The summed E-state index contributed by atoms with van der Waals surface area (Å²) in [5.74, 6) is -7.19. The minimum atomic E-state index is -1.21. The fourth-order valence-electron chi connectivity index (χ4n) is 6.43. The number of nitrogens with two attached hydrogens (primary N) is 1. The topological polar surface area (TPSA) is 267 Å². The number of carbonyl (C=O) groups is 8. The van der Waals surface area contributed by atoms with Gasteiger partial charge in [0, 0.05) is 6.42 Å². The number of nitrogens with one attached hydrogen (secondary N) is 7. The smallest absolute Gasteiger partial charge is 0.326 e. The maximum atomic E-state index is 13.9. The van der Waals surface area contributed by atoms with Crippen molar-refractivity contribution in [2.24, 2.45) is 29.4 Å². The second-order valence-electron chi connectivity index (χ2n) is 16.9. The van der Waals surface area contributed by atoms with Gasteiger partial charge in [-0.3, -0.25) is 33.6 Å². The van der Waals surface area contributed by atoms with Crippen LogP contribution in [-0.4, -0.2) is 101 Å². The molecule has 0 aliphatic heterocycles. The molecule has 0 fully saturated rings. The molecule has 342 valence electrons. The highest BCUT2D eigenvalue weighted by Gasteiger charge is 2.35. The van der Waals surface area contributed by atoms with Crippen LogP contribution in [0.25, 0.3) is 0 Å². The number of carbonyl (C=O) groups excluding carboxylic acids is 7. The van der Waals surface area contributed by atoms with Gasteiger partial charge in [0.05, 0.1) is 12.6 Å². The average molecular weight is 865 g/mol. The van der Waals surface area contributed by atoms with Crippen LogP contribution in [0.3, 0.4) is 0 Å². The Hall–Kier alpha value is -5.84. The van der Waals surface area contributed by atoms with Gasteiger partial charge in [-0.15, -0.1) is 0 Å². The first-order valence-electron chi connectivity index (χ1n) is 21.3. The Morgan fingerprint density at radius 3 is 1.53 bits per heavy atom. The first-order chi connectivity index (χ1) is 29.1. The number of rotatable bonds is 25. The lowest BCUT2D eigenvalue weighted by molar-refractivity contribution is -0.144. The zero-order chi connectivity index (χ0) is 46.7. The van der Waals surface area contributed by atoms with Gasteiger partial charge in [0.25, 0.3) is 0 Å². The largest absolute Gasteiger partial charge is 0.480 e. The molecule has 10 N–H and O–H groups in total. The van der Waals surface area contributed by atoms with E-state index in [2.05, 4.69) is 37.2 Å². The van der Waals surface area contributed by atoms with Gasteiger partial charge in [-0.2, -0.15) is 0 Å². The molecule has 7 amide bonds. The van der Waals surface area contributed by atoms with Crippen LogP contribution in [-0.2, 0) is 51.2 Å². The number of carboxylic acids is 1. The maximum absolute atomic E-state index is 13.9. The van der Waals surface area contributed by atoms with Crippen LogP contribution in [0, 0.1) is 23.7 Å². The van der Waals surface area contributed by atoms with Crippen LogP contribution in [0.4, 0.5) is 0 Å². The van der Waals surface area contributed by atoms with Crippen LogP contribution in [0.5, 0.6) is 0 Å². The van der Waals surface area contributed by atoms with Crippen LogP contribution in [0.15, 0.2) is 60.7 Å². The maximum Gasteiger partial charge on any atom is 0.326 e. The van der Waals surface area contributed by atoms with Gasteiger partial charge < -0.3 is 48.1 Å². The molecule has 0 saturated heterocycles. The second kappa shape index (κ2) is 25.8. The summed E-state index contributed by atoms with van der Waals surface area (Å²) in [7, 11) is 0. The van der Waals surface area contributed by atoms with Gasteiger partial charge in [-0.1, -0.05) is 122 Å². The monoisotopic (exact) mass is 865 g/mol. The second-order valence-corrected chi connectivity index (χ2v) is 16.9. The minimum absolute atomic E-state index is 0.0598. The summed E-state index contributed by atoms with van der Waals surface area (Å²) >= 11 is 0. The highest BCUT2D eigenvalue weighted by molar-refractivity contribution is 5.97. The number of hydrogen-bond donors (Lipinski definition) is 9. The van der Waals surface area contributed by atoms with Crippen molar-refractivity contribution >= 4 is 47.3 Å². The van der Waals surface area contributed by atoms with E-state index in [1.54, 1.807) is 65.0 Å². The Labute approximate surface area is 365 Å². The quantitative estimate of drug-likeness (QED) is 0.0692. The molecule has 0 bridgehead atoms. The van der Waals surface area contributed by atoms with Crippen LogP contribution >= 0.6 is 0 Å². The van der Waals surface area contributed by atoms with Crippen molar-refractivity contribution in [1.29, 1.82) is 0 Å². The van der Waals surface area contributed by atoms with Crippen molar-refractivity contribution in [2.45, 2.75) is 130 Å². The lowest BCUT2D eigenvalue weighted by Gasteiger charge is -2.29. The van der Waals surface area contributed by atoms with E-state index in [1.807, 2.05) is 51.1 Å². The van der Waals surface area contributed by atoms with Gasteiger partial charge in [-0.25, -0.2) is 4.79 Å². The average Bonchev–Trinajstić information content (AvgIpc) is 3.21. The molecule has 0 aliphatic rings. The van der Waals surface area contributed by atoms with Gasteiger partial charge >= 0.3 is 5.97 Å². The predicted octanol–water partition coefficient (Wildman–Crippen LogP) is 1.33. The summed E-state index contributed by atoms with van der Waals surface area (Å²) in [6, 6.07) is 10.3. The molecule has 8 atom stereocenters. The van der Waals surface area contributed by atoms with Crippen molar-refractivity contribution in [3.8, 4) is 0 Å². The van der Waals surface area contributed by atoms with Gasteiger partial charge in [0.2, 0.25) is 41.4 Å². The molecule has 2 rings (SSSR count). The van der Waals surface area contributed by atoms with Crippen LogP contribution in [0.1, 0.15) is 86.3 Å². The van der Waals surface area contributed by atoms with Gasteiger partial charge in [-0.05, 0) is 54.6 Å². The summed E-state index contributed by atoms with van der Waals surface area (Å²) in [6.45, 7) is 14.9. The van der Waals surface area contributed by atoms with E-state index in [9.17, 15) is 43.5 Å². The number of hydrogen-bond acceptors (Lipinski definition) is 9. The molecular weight excluding hydrogens is 797 g/mol. The van der Waals surface area contributed by atoms with Gasteiger partial charge in [0.15, 0.2) is 0 Å². The first-order valence-corrected chi connectivity index (χ1v) is 21.3. The molecule has 0 aliphatic carbocycles. The zero-order valence-corrected chi connectivity index (χ0v) is 37.5. The van der Waals surface area contributed by atoms with E-state index in [0.717, 1.165) is 11.1 Å². The number of aliphatic carboxylic acids is 1. The van der Waals surface area contributed by atoms with E-state index >= 15 is 0 Å². The molecule has 0 radical (unpaired) electrons. The Morgan fingerprint density at radius 2 is 1.03 bits per heavy atom. The lowest BCUT2D eigenvalue weighted by Crippen LogP contribution is -2.61. The molecule has 17 heteroatoms. The molecular formula is C45H68N8O9. The highest BCUT2D eigenvalue weighted by Crippen LogP contribution is 2.13. The van der Waals surface area contributed by atoms with E-state index in [-0.39, 0.29) is 31.1 Å². The summed E-state index contributed by atoms with van der Waals surface area (Å²) in [5.41, 5.74) is 7.64. The Kier molecular flexibility index (Phi) is 21.8. The van der Waals surface area contributed by atoms with Gasteiger partial charge in [0.1, 0.15) is 36.3 Å². The molecule has 2 aromatic carbocycles. The molecule has 0 unspecified atom stereocenters. The predicted molar refractivity (Wildman–Crippen MR) is 235 cm³/mol.